The van der Waals surface area contributed by atoms with E-state index < -0.39 is 15.8 Å². The van der Waals surface area contributed by atoms with Gasteiger partial charge >= 0.3 is 0 Å². The van der Waals surface area contributed by atoms with Crippen LogP contribution in [0.25, 0.3) is 0 Å². The lowest BCUT2D eigenvalue weighted by atomic mass is 10.1. The minimum Gasteiger partial charge on any atom is -0.338 e. The van der Waals surface area contributed by atoms with Crippen LogP contribution in [0.1, 0.15) is 11.3 Å². The fourth-order valence-electron chi connectivity index (χ4n) is 2.89. The van der Waals surface area contributed by atoms with Gasteiger partial charge in [0.25, 0.3) is 10.0 Å². The minimum absolute atomic E-state index is 0.134. The molecule has 0 fully saturated rings. The first-order valence-electron chi connectivity index (χ1n) is 9.06. The van der Waals surface area contributed by atoms with Crippen LogP contribution in [0.15, 0.2) is 65.0 Å². The van der Waals surface area contributed by atoms with Crippen LogP contribution in [0.3, 0.4) is 0 Å². The van der Waals surface area contributed by atoms with Crippen LogP contribution < -0.4 is 10.0 Å². The van der Waals surface area contributed by atoms with Crippen LogP contribution in [0, 0.1) is 5.82 Å². The van der Waals surface area contributed by atoms with Crippen molar-refractivity contribution in [1.82, 2.24) is 14.8 Å². The van der Waals surface area contributed by atoms with E-state index >= 15 is 0 Å². The molecule has 0 unspecified atom stereocenters. The van der Waals surface area contributed by atoms with Gasteiger partial charge in [0.05, 0.1) is 16.3 Å². The molecule has 0 atom stereocenters. The van der Waals surface area contributed by atoms with Gasteiger partial charge in [0.15, 0.2) is 5.13 Å². The van der Waals surface area contributed by atoms with E-state index in [1.54, 1.807) is 17.1 Å². The third kappa shape index (κ3) is 5.04. The highest BCUT2D eigenvalue weighted by Gasteiger charge is 2.18. The highest BCUT2D eigenvalue weighted by molar-refractivity contribution is 7.93. The molecule has 0 saturated carbocycles. The molecule has 0 amide bonds. The molecule has 7 nitrogen and oxygen atoms in total. The Kier molecular flexibility index (Phi) is 5.94. The predicted molar refractivity (Wildman–Crippen MR) is 120 cm³/mol. The molecule has 2 heterocycles. The summed E-state index contributed by atoms with van der Waals surface area (Å²) in [6.45, 7) is 0. The molecule has 0 bridgehead atoms. The van der Waals surface area contributed by atoms with Crippen molar-refractivity contribution in [1.29, 1.82) is 0 Å². The van der Waals surface area contributed by atoms with E-state index in [1.165, 1.54) is 18.3 Å². The smallest absolute Gasteiger partial charge is 0.263 e. The molecule has 0 aliphatic rings. The van der Waals surface area contributed by atoms with E-state index in [-0.39, 0.29) is 15.7 Å². The molecule has 0 spiro atoms. The number of nitrogens with one attached hydrogen (secondary N) is 2. The number of hydrogen-bond acceptors (Lipinski definition) is 6. The third-order valence-corrected chi connectivity index (χ3v) is 6.80. The Morgan fingerprint density at radius 3 is 2.61 bits per heavy atom. The number of rotatable bonds is 7. The molecule has 160 valence electrons. The lowest BCUT2D eigenvalue weighted by molar-refractivity contribution is 0.596. The SMILES string of the molecule is Cn1nc(Cc2ccc(Cl)cc2)cc1Nc1ccc(S(=O)(=O)Nc2nccs2)cc1F. The van der Waals surface area contributed by atoms with E-state index in [0.29, 0.717) is 17.3 Å². The fraction of sp³-hybridized carbons (Fsp3) is 0.100. The maximum absolute atomic E-state index is 14.7. The highest BCUT2D eigenvalue weighted by Crippen LogP contribution is 2.25. The Bertz CT molecular complexity index is 1310. The number of hydrogen-bond donors (Lipinski definition) is 2. The van der Waals surface area contributed by atoms with Crippen molar-refractivity contribution in [2.24, 2.45) is 7.05 Å². The Morgan fingerprint density at radius 2 is 1.94 bits per heavy atom. The van der Waals surface area contributed by atoms with Gasteiger partial charge < -0.3 is 5.32 Å². The lowest BCUT2D eigenvalue weighted by Crippen LogP contribution is -2.13. The molecule has 2 aromatic heterocycles. The number of thiazole rings is 1. The first kappa shape index (κ1) is 21.3. The first-order valence-corrected chi connectivity index (χ1v) is 11.8. The summed E-state index contributed by atoms with van der Waals surface area (Å²) < 4.78 is 43.4. The molecule has 4 aromatic rings. The second kappa shape index (κ2) is 8.66. The molecule has 0 radical (unpaired) electrons. The van der Waals surface area contributed by atoms with Gasteiger partial charge in [-0.3, -0.25) is 9.40 Å². The largest absolute Gasteiger partial charge is 0.338 e. The van der Waals surface area contributed by atoms with Crippen molar-refractivity contribution in [3.05, 3.63) is 82.2 Å². The Morgan fingerprint density at radius 1 is 1.16 bits per heavy atom. The number of anilines is 3. The number of halogens is 2. The van der Waals surface area contributed by atoms with Gasteiger partial charge in [0.1, 0.15) is 11.6 Å². The zero-order chi connectivity index (χ0) is 22.0. The predicted octanol–water partition coefficient (Wildman–Crippen LogP) is 4.80. The maximum atomic E-state index is 14.7. The standard InChI is InChI=1S/C20H17ClFN5O2S2/c1-27-19(11-15(25-27)10-13-2-4-14(21)5-3-13)24-18-7-6-16(12-17(18)22)31(28,29)26-20-23-8-9-30-20/h2-9,11-12,24H,10H2,1H3,(H,23,26). The third-order valence-electron chi connectivity index (χ3n) is 4.40. The van der Waals surface area contributed by atoms with Gasteiger partial charge in [0, 0.05) is 36.1 Å². The summed E-state index contributed by atoms with van der Waals surface area (Å²) in [5, 5.41) is 9.91. The second-order valence-corrected chi connectivity index (χ2v) is 9.67. The number of benzene rings is 2. The maximum Gasteiger partial charge on any atom is 0.263 e. The fourth-order valence-corrected chi connectivity index (χ4v) is 4.82. The quantitative estimate of drug-likeness (QED) is 0.399. The minimum atomic E-state index is -3.93. The highest BCUT2D eigenvalue weighted by atomic mass is 35.5. The van der Waals surface area contributed by atoms with Crippen LogP contribution in [0.2, 0.25) is 5.02 Å². The van der Waals surface area contributed by atoms with E-state index in [4.69, 9.17) is 11.6 Å². The number of sulfonamides is 1. The average molecular weight is 478 g/mol. The normalized spacial score (nSPS) is 11.5. The summed E-state index contributed by atoms with van der Waals surface area (Å²) in [6, 6.07) is 12.9. The van der Waals surface area contributed by atoms with E-state index in [1.807, 2.05) is 30.3 Å². The van der Waals surface area contributed by atoms with E-state index in [0.717, 1.165) is 28.7 Å². The Labute approximate surface area is 187 Å². The van der Waals surface area contributed by atoms with Gasteiger partial charge in [-0.1, -0.05) is 23.7 Å². The molecular weight excluding hydrogens is 461 g/mol. The summed E-state index contributed by atoms with van der Waals surface area (Å²) in [5.41, 5.74) is 1.97. The van der Waals surface area contributed by atoms with Crippen LogP contribution in [-0.2, 0) is 23.5 Å². The number of aryl methyl sites for hydroxylation is 1. The van der Waals surface area contributed by atoms with Crippen molar-refractivity contribution in [3.63, 3.8) is 0 Å². The molecule has 0 saturated heterocycles. The summed E-state index contributed by atoms with van der Waals surface area (Å²) in [6.07, 6.45) is 2.07. The summed E-state index contributed by atoms with van der Waals surface area (Å²) in [5.74, 6) is -0.137. The van der Waals surface area contributed by atoms with Crippen LogP contribution in [0.5, 0.6) is 0 Å². The van der Waals surface area contributed by atoms with Crippen LogP contribution in [0.4, 0.5) is 21.0 Å². The molecule has 11 heteroatoms. The Balaban J connectivity index is 1.51. The molecule has 31 heavy (non-hydrogen) atoms. The molecule has 2 N–H and O–H groups in total. The van der Waals surface area contributed by atoms with E-state index in [9.17, 15) is 12.8 Å². The van der Waals surface area contributed by atoms with Gasteiger partial charge in [-0.15, -0.1) is 11.3 Å². The van der Waals surface area contributed by atoms with Gasteiger partial charge in [-0.05, 0) is 35.9 Å². The van der Waals surface area contributed by atoms with Crippen molar-refractivity contribution < 1.29 is 12.8 Å². The molecule has 2 aromatic carbocycles. The monoisotopic (exact) mass is 477 g/mol. The molecular formula is C20H17ClFN5O2S2. The zero-order valence-electron chi connectivity index (χ0n) is 16.2. The first-order chi connectivity index (χ1) is 14.8. The van der Waals surface area contributed by atoms with Crippen molar-refractivity contribution in [3.8, 4) is 0 Å². The Hall–Kier alpha value is -2.95. The summed E-state index contributed by atoms with van der Waals surface area (Å²) in [4.78, 5) is 3.68. The molecule has 0 aliphatic carbocycles. The van der Waals surface area contributed by atoms with Gasteiger partial charge in [-0.25, -0.2) is 17.8 Å². The van der Waals surface area contributed by atoms with Crippen molar-refractivity contribution in [2.45, 2.75) is 11.3 Å². The van der Waals surface area contributed by atoms with Gasteiger partial charge in [0.2, 0.25) is 0 Å². The molecule has 0 aliphatic heterocycles. The average Bonchev–Trinajstić information content (AvgIpc) is 3.34. The topological polar surface area (TPSA) is 88.9 Å². The zero-order valence-corrected chi connectivity index (χ0v) is 18.6. The summed E-state index contributed by atoms with van der Waals surface area (Å²) in [7, 11) is -2.20. The second-order valence-electron chi connectivity index (χ2n) is 6.66. The van der Waals surface area contributed by atoms with Crippen molar-refractivity contribution in [2.75, 3.05) is 10.0 Å². The summed E-state index contributed by atoms with van der Waals surface area (Å²) >= 11 is 7.05. The van der Waals surface area contributed by atoms with Crippen molar-refractivity contribution >= 4 is 49.6 Å². The molecule has 4 rings (SSSR count). The number of nitrogens with zero attached hydrogens (tertiary/aromatic N) is 3. The number of aromatic nitrogens is 3. The van der Waals surface area contributed by atoms with Crippen LogP contribution in [-0.4, -0.2) is 23.2 Å². The lowest BCUT2D eigenvalue weighted by Gasteiger charge is -2.10. The van der Waals surface area contributed by atoms with E-state index in [2.05, 4.69) is 20.1 Å². The van der Waals surface area contributed by atoms with Gasteiger partial charge in [-0.2, -0.15) is 5.10 Å². The van der Waals surface area contributed by atoms with Crippen LogP contribution >= 0.6 is 22.9 Å².